The number of para-hydroxylation sites is 1. The Morgan fingerprint density at radius 1 is 1.26 bits per heavy atom. The number of thiophene rings is 1. The van der Waals surface area contributed by atoms with Gasteiger partial charge in [0.25, 0.3) is 0 Å². The highest BCUT2D eigenvalue weighted by Crippen LogP contribution is 2.29. The smallest absolute Gasteiger partial charge is 0.236 e. The Balaban J connectivity index is 1.52. The van der Waals surface area contributed by atoms with Gasteiger partial charge < -0.3 is 4.90 Å². The van der Waals surface area contributed by atoms with Crippen LogP contribution in [0.15, 0.2) is 34.8 Å². The van der Waals surface area contributed by atoms with E-state index in [1.807, 2.05) is 43.9 Å². The van der Waals surface area contributed by atoms with E-state index in [9.17, 15) is 4.79 Å². The zero-order valence-corrected chi connectivity index (χ0v) is 17.2. The van der Waals surface area contributed by atoms with Crippen molar-refractivity contribution in [2.45, 2.75) is 44.1 Å². The molecular formula is C19H21N5OS2. The third-order valence-corrected chi connectivity index (χ3v) is 6.89. The van der Waals surface area contributed by atoms with E-state index in [2.05, 4.69) is 27.0 Å². The topological polar surface area (TPSA) is 63.9 Å². The number of rotatable bonds is 4. The first-order valence-corrected chi connectivity index (χ1v) is 10.7. The van der Waals surface area contributed by atoms with Crippen LogP contribution in [-0.4, -0.2) is 42.8 Å². The van der Waals surface area contributed by atoms with E-state index in [4.69, 9.17) is 0 Å². The molecule has 4 rings (SSSR count). The summed E-state index contributed by atoms with van der Waals surface area (Å²) in [5.74, 6) is 0.132. The first kappa shape index (κ1) is 18.2. The van der Waals surface area contributed by atoms with Crippen LogP contribution in [0.25, 0.3) is 5.69 Å². The fraction of sp³-hybridized carbons (Fsp3) is 0.368. The molecule has 0 aliphatic carbocycles. The summed E-state index contributed by atoms with van der Waals surface area (Å²) >= 11 is 3.19. The van der Waals surface area contributed by atoms with E-state index in [-0.39, 0.29) is 11.2 Å². The molecule has 0 saturated carbocycles. The van der Waals surface area contributed by atoms with Crippen LogP contribution in [0, 0.1) is 13.8 Å². The average Bonchev–Trinajstić information content (AvgIpc) is 3.30. The molecule has 8 heteroatoms. The van der Waals surface area contributed by atoms with Crippen molar-refractivity contribution in [1.82, 2.24) is 25.1 Å². The number of aryl methyl sites for hydroxylation is 2. The maximum Gasteiger partial charge on any atom is 0.236 e. The predicted octanol–water partition coefficient (Wildman–Crippen LogP) is 3.41. The molecule has 6 nitrogen and oxygen atoms in total. The molecule has 1 amide bonds. The number of fused-ring (bicyclic) bond motifs is 1. The molecule has 0 radical (unpaired) electrons. The molecule has 3 heterocycles. The number of thioether (sulfide) groups is 1. The molecule has 140 valence electrons. The van der Waals surface area contributed by atoms with Crippen molar-refractivity contribution < 1.29 is 4.79 Å². The van der Waals surface area contributed by atoms with Gasteiger partial charge in [-0.05, 0) is 65.8 Å². The van der Waals surface area contributed by atoms with Crippen LogP contribution in [0.5, 0.6) is 0 Å². The third kappa shape index (κ3) is 3.51. The number of carbonyl (C=O) groups is 1. The van der Waals surface area contributed by atoms with Crippen molar-refractivity contribution in [2.24, 2.45) is 0 Å². The molecule has 1 atom stereocenters. The summed E-state index contributed by atoms with van der Waals surface area (Å²) in [5, 5.41) is 14.7. The minimum Gasteiger partial charge on any atom is -0.337 e. The molecule has 0 fully saturated rings. The van der Waals surface area contributed by atoms with Gasteiger partial charge in [-0.25, -0.2) is 0 Å². The molecule has 0 saturated heterocycles. The Kier molecular flexibility index (Phi) is 5.01. The SMILES string of the molecule is Cc1cccc(C)c1-n1nnnc1SC(C)C(=O)N1CCc2sccc2C1. The number of hydrogen-bond acceptors (Lipinski definition) is 6. The van der Waals surface area contributed by atoms with Crippen LogP contribution in [0.3, 0.4) is 0 Å². The van der Waals surface area contributed by atoms with Gasteiger partial charge in [-0.2, -0.15) is 4.68 Å². The Morgan fingerprint density at radius 2 is 2.04 bits per heavy atom. The zero-order chi connectivity index (χ0) is 19.0. The average molecular weight is 400 g/mol. The van der Waals surface area contributed by atoms with Crippen LogP contribution in [0.4, 0.5) is 0 Å². The summed E-state index contributed by atoms with van der Waals surface area (Å²) in [6, 6.07) is 8.23. The minimum atomic E-state index is -0.251. The van der Waals surface area contributed by atoms with Crippen LogP contribution in [-0.2, 0) is 17.8 Å². The quantitative estimate of drug-likeness (QED) is 0.629. The second kappa shape index (κ2) is 7.44. The summed E-state index contributed by atoms with van der Waals surface area (Å²) in [6.07, 6.45) is 0.941. The van der Waals surface area contributed by atoms with E-state index in [1.165, 1.54) is 22.2 Å². The maximum atomic E-state index is 13.0. The Morgan fingerprint density at radius 3 is 2.81 bits per heavy atom. The number of aromatic nitrogens is 4. The van der Waals surface area contributed by atoms with Gasteiger partial charge >= 0.3 is 0 Å². The molecule has 1 unspecified atom stereocenters. The van der Waals surface area contributed by atoms with Gasteiger partial charge in [0, 0.05) is 18.0 Å². The van der Waals surface area contributed by atoms with E-state index < -0.39 is 0 Å². The lowest BCUT2D eigenvalue weighted by Gasteiger charge is -2.29. The van der Waals surface area contributed by atoms with Crippen molar-refractivity contribution in [3.05, 3.63) is 51.2 Å². The molecule has 0 N–H and O–H groups in total. The van der Waals surface area contributed by atoms with Gasteiger partial charge in [-0.3, -0.25) is 4.79 Å². The van der Waals surface area contributed by atoms with Gasteiger partial charge in [-0.1, -0.05) is 30.0 Å². The van der Waals surface area contributed by atoms with E-state index in [1.54, 1.807) is 16.0 Å². The Hall–Kier alpha value is -2.19. The molecular weight excluding hydrogens is 378 g/mol. The van der Waals surface area contributed by atoms with Gasteiger partial charge in [0.2, 0.25) is 11.1 Å². The second-order valence-corrected chi connectivity index (χ2v) is 9.06. The molecule has 0 spiro atoms. The molecule has 0 bridgehead atoms. The first-order valence-electron chi connectivity index (χ1n) is 8.90. The van der Waals surface area contributed by atoms with Crippen molar-refractivity contribution in [3.8, 4) is 5.69 Å². The number of benzene rings is 1. The predicted molar refractivity (Wildman–Crippen MR) is 107 cm³/mol. The van der Waals surface area contributed by atoms with Crippen molar-refractivity contribution in [1.29, 1.82) is 0 Å². The minimum absolute atomic E-state index is 0.132. The Labute approximate surface area is 166 Å². The third-order valence-electron chi connectivity index (χ3n) is 4.84. The second-order valence-electron chi connectivity index (χ2n) is 6.75. The fourth-order valence-electron chi connectivity index (χ4n) is 3.43. The number of tetrazole rings is 1. The van der Waals surface area contributed by atoms with Crippen molar-refractivity contribution in [3.63, 3.8) is 0 Å². The summed E-state index contributed by atoms with van der Waals surface area (Å²) in [4.78, 5) is 16.3. The highest BCUT2D eigenvalue weighted by atomic mass is 32.2. The maximum absolute atomic E-state index is 13.0. The van der Waals surface area contributed by atoms with Crippen LogP contribution < -0.4 is 0 Å². The molecule has 2 aromatic heterocycles. The Bertz CT molecular complexity index is 960. The summed E-state index contributed by atoms with van der Waals surface area (Å²) in [6.45, 7) is 7.49. The summed E-state index contributed by atoms with van der Waals surface area (Å²) < 4.78 is 1.74. The summed E-state index contributed by atoms with van der Waals surface area (Å²) in [5.41, 5.74) is 4.45. The lowest BCUT2D eigenvalue weighted by atomic mass is 10.1. The lowest BCUT2D eigenvalue weighted by Crippen LogP contribution is -2.39. The number of hydrogen-bond donors (Lipinski definition) is 0. The van der Waals surface area contributed by atoms with Crippen LogP contribution >= 0.6 is 23.1 Å². The highest BCUT2D eigenvalue weighted by Gasteiger charge is 2.27. The van der Waals surface area contributed by atoms with E-state index in [0.29, 0.717) is 11.7 Å². The van der Waals surface area contributed by atoms with Gasteiger partial charge in [0.05, 0.1) is 10.9 Å². The monoisotopic (exact) mass is 399 g/mol. The molecule has 1 aliphatic rings. The van der Waals surface area contributed by atoms with Crippen molar-refractivity contribution >= 4 is 29.0 Å². The van der Waals surface area contributed by atoms with Gasteiger partial charge in [-0.15, -0.1) is 16.4 Å². The number of nitrogens with zero attached hydrogens (tertiary/aromatic N) is 5. The standard InChI is InChI=1S/C19H21N5OS2/c1-12-5-4-6-13(2)17(12)24-19(20-21-22-24)27-14(3)18(25)23-9-7-16-15(11-23)8-10-26-16/h4-6,8,10,14H,7,9,11H2,1-3H3. The fourth-order valence-corrected chi connectivity index (χ4v) is 5.20. The first-order chi connectivity index (χ1) is 13.0. The molecule has 1 aliphatic heterocycles. The molecule has 3 aromatic rings. The highest BCUT2D eigenvalue weighted by molar-refractivity contribution is 8.00. The molecule has 1 aromatic carbocycles. The van der Waals surface area contributed by atoms with Gasteiger partial charge in [0.1, 0.15) is 0 Å². The largest absolute Gasteiger partial charge is 0.337 e. The van der Waals surface area contributed by atoms with E-state index in [0.717, 1.165) is 29.8 Å². The normalized spacial score (nSPS) is 14.9. The van der Waals surface area contributed by atoms with Crippen molar-refractivity contribution in [2.75, 3.05) is 6.54 Å². The molecule has 27 heavy (non-hydrogen) atoms. The van der Waals surface area contributed by atoms with Crippen LogP contribution in [0.1, 0.15) is 28.5 Å². The number of amides is 1. The van der Waals surface area contributed by atoms with E-state index >= 15 is 0 Å². The number of carbonyl (C=O) groups excluding carboxylic acids is 1. The zero-order valence-electron chi connectivity index (χ0n) is 15.5. The lowest BCUT2D eigenvalue weighted by molar-refractivity contribution is -0.131. The summed E-state index contributed by atoms with van der Waals surface area (Å²) in [7, 11) is 0. The van der Waals surface area contributed by atoms with Crippen LogP contribution in [0.2, 0.25) is 0 Å². The van der Waals surface area contributed by atoms with Gasteiger partial charge in [0.15, 0.2) is 0 Å².